The molecule has 0 radical (unpaired) electrons. The highest BCUT2D eigenvalue weighted by Gasteiger charge is 2.24. The molecule has 0 N–H and O–H groups in total. The zero-order valence-corrected chi connectivity index (χ0v) is 17.8. The molecule has 2 aromatic carbocycles. The van der Waals surface area contributed by atoms with Crippen LogP contribution >= 0.6 is 0 Å². The van der Waals surface area contributed by atoms with Gasteiger partial charge in [-0.05, 0) is 38.5 Å². The highest BCUT2D eigenvalue weighted by atomic mass is 16.5. The summed E-state index contributed by atoms with van der Waals surface area (Å²) in [6.07, 6.45) is 2.53. The maximum atomic E-state index is 12.9. The fourth-order valence-corrected chi connectivity index (χ4v) is 3.54. The second-order valence-electron chi connectivity index (χ2n) is 6.91. The molecule has 1 amide bonds. The number of aromatic nitrogens is 1. The van der Waals surface area contributed by atoms with Crippen LogP contribution in [0.15, 0.2) is 54.7 Å². The second-order valence-corrected chi connectivity index (χ2v) is 6.91. The lowest BCUT2D eigenvalue weighted by Crippen LogP contribution is -2.36. The van der Waals surface area contributed by atoms with Crippen molar-refractivity contribution in [1.29, 1.82) is 0 Å². The first-order valence-corrected chi connectivity index (χ1v) is 10.3. The number of carbonyl (C=O) groups excluding carboxylic acids is 2. The van der Waals surface area contributed by atoms with Crippen LogP contribution in [0.2, 0.25) is 0 Å². The Morgan fingerprint density at radius 2 is 1.63 bits per heavy atom. The fraction of sp³-hybridized carbons (Fsp3) is 0.333. The quantitative estimate of drug-likeness (QED) is 0.287. The van der Waals surface area contributed by atoms with Crippen molar-refractivity contribution in [1.82, 2.24) is 9.47 Å². The van der Waals surface area contributed by atoms with Gasteiger partial charge in [-0.15, -0.1) is 0 Å². The number of ketones is 1. The van der Waals surface area contributed by atoms with Crippen molar-refractivity contribution in [3.63, 3.8) is 0 Å². The molecule has 0 saturated heterocycles. The number of nitrogens with zero attached hydrogens (tertiary/aromatic N) is 2. The van der Waals surface area contributed by atoms with Gasteiger partial charge in [-0.25, -0.2) is 0 Å². The van der Waals surface area contributed by atoms with E-state index >= 15 is 0 Å². The second kappa shape index (κ2) is 9.96. The van der Waals surface area contributed by atoms with Crippen molar-refractivity contribution in [2.45, 2.75) is 26.8 Å². The Bertz CT molecular complexity index is 1020. The van der Waals surface area contributed by atoms with E-state index in [1.165, 1.54) is 0 Å². The van der Waals surface area contributed by atoms with Gasteiger partial charge in [0.15, 0.2) is 11.5 Å². The Hall–Kier alpha value is -3.28. The first-order chi connectivity index (χ1) is 14.6. The van der Waals surface area contributed by atoms with Crippen molar-refractivity contribution in [3.8, 4) is 11.5 Å². The summed E-state index contributed by atoms with van der Waals surface area (Å²) in [6.45, 7) is 5.95. The molecule has 0 atom stereocenters. The van der Waals surface area contributed by atoms with E-state index in [0.29, 0.717) is 43.3 Å². The van der Waals surface area contributed by atoms with E-state index in [-0.39, 0.29) is 0 Å². The summed E-state index contributed by atoms with van der Waals surface area (Å²) in [6, 6.07) is 15.2. The maximum absolute atomic E-state index is 12.9. The lowest BCUT2D eigenvalue weighted by molar-refractivity contribution is -0.126. The Balaban J connectivity index is 1.74. The number of para-hydroxylation sites is 3. The number of rotatable bonds is 10. The van der Waals surface area contributed by atoms with Crippen molar-refractivity contribution in [3.05, 3.63) is 60.3 Å². The molecule has 1 aromatic heterocycles. The molecule has 0 aliphatic heterocycles. The third kappa shape index (κ3) is 4.48. The van der Waals surface area contributed by atoms with Crippen molar-refractivity contribution in [2.75, 3.05) is 26.8 Å². The molecule has 1 heterocycles. The van der Waals surface area contributed by atoms with Crippen molar-refractivity contribution < 1.29 is 19.1 Å². The van der Waals surface area contributed by atoms with E-state index in [9.17, 15) is 9.59 Å². The number of hydrogen-bond acceptors (Lipinski definition) is 4. The van der Waals surface area contributed by atoms with Gasteiger partial charge in [0.2, 0.25) is 0 Å². The van der Waals surface area contributed by atoms with Gasteiger partial charge in [0.1, 0.15) is 0 Å². The zero-order chi connectivity index (χ0) is 21.5. The molecule has 3 aromatic rings. The van der Waals surface area contributed by atoms with Gasteiger partial charge in [-0.1, -0.05) is 30.3 Å². The Kier molecular flexibility index (Phi) is 7.12. The number of fused-ring (bicyclic) bond motifs is 1. The van der Waals surface area contributed by atoms with E-state index in [4.69, 9.17) is 9.47 Å². The summed E-state index contributed by atoms with van der Waals surface area (Å²) in [5.74, 6) is 0.492. The topological polar surface area (TPSA) is 60.8 Å². The average Bonchev–Trinajstić information content (AvgIpc) is 3.16. The summed E-state index contributed by atoms with van der Waals surface area (Å²) in [7, 11) is 1.62. The summed E-state index contributed by atoms with van der Waals surface area (Å²) in [5.41, 5.74) is 1.39. The van der Waals surface area contributed by atoms with Crippen LogP contribution in [0.5, 0.6) is 11.5 Å². The molecular weight excluding hydrogens is 380 g/mol. The number of likely N-dealkylation sites (N-methyl/N-ethyl adjacent to an activating group) is 1. The van der Waals surface area contributed by atoms with Crippen molar-refractivity contribution >= 4 is 22.6 Å². The lowest BCUT2D eigenvalue weighted by atomic mass is 10.1. The van der Waals surface area contributed by atoms with Crippen LogP contribution in [-0.2, 0) is 11.3 Å². The van der Waals surface area contributed by atoms with E-state index in [1.807, 2.05) is 66.9 Å². The lowest BCUT2D eigenvalue weighted by Gasteiger charge is -2.17. The van der Waals surface area contributed by atoms with Crippen LogP contribution in [0.3, 0.4) is 0 Å². The van der Waals surface area contributed by atoms with Crippen molar-refractivity contribution in [2.24, 2.45) is 0 Å². The predicted octanol–water partition coefficient (Wildman–Crippen LogP) is 4.17. The molecule has 0 spiro atoms. The minimum atomic E-state index is -0.459. The predicted molar refractivity (Wildman–Crippen MR) is 117 cm³/mol. The number of methoxy groups -OCH3 is 1. The molecule has 6 heteroatoms. The molecule has 0 aliphatic rings. The number of Topliss-reactive ketones (excluding diaryl/α,β-unsaturated/α-hetero) is 1. The smallest absolute Gasteiger partial charge is 0.295 e. The monoisotopic (exact) mass is 408 g/mol. The Labute approximate surface area is 177 Å². The molecule has 6 nitrogen and oxygen atoms in total. The number of ether oxygens (including phenoxy) is 2. The van der Waals surface area contributed by atoms with E-state index in [0.717, 1.165) is 17.3 Å². The van der Waals surface area contributed by atoms with E-state index in [2.05, 4.69) is 0 Å². The summed E-state index contributed by atoms with van der Waals surface area (Å²) >= 11 is 0. The highest BCUT2D eigenvalue weighted by molar-refractivity contribution is 6.44. The molecule has 0 fully saturated rings. The third-order valence-corrected chi connectivity index (χ3v) is 5.15. The number of benzene rings is 2. The highest BCUT2D eigenvalue weighted by Crippen LogP contribution is 2.26. The largest absolute Gasteiger partial charge is 0.493 e. The maximum Gasteiger partial charge on any atom is 0.295 e. The molecule has 3 rings (SSSR count). The molecular formula is C24H28N2O4. The van der Waals surface area contributed by atoms with Gasteiger partial charge in [-0.3, -0.25) is 9.59 Å². The number of hydrogen-bond donors (Lipinski definition) is 0. The van der Waals surface area contributed by atoms with Crippen LogP contribution in [0, 0.1) is 0 Å². The minimum absolute atomic E-state index is 0.452. The molecule has 158 valence electrons. The van der Waals surface area contributed by atoms with Crippen LogP contribution in [0.4, 0.5) is 0 Å². The average molecular weight is 408 g/mol. The fourth-order valence-electron chi connectivity index (χ4n) is 3.54. The van der Waals surface area contributed by atoms with Gasteiger partial charge >= 0.3 is 0 Å². The van der Waals surface area contributed by atoms with Crippen LogP contribution in [-0.4, -0.2) is 48.0 Å². The van der Waals surface area contributed by atoms with Crippen LogP contribution in [0.1, 0.15) is 30.6 Å². The summed E-state index contributed by atoms with van der Waals surface area (Å²) < 4.78 is 13.2. The molecule has 0 bridgehead atoms. The van der Waals surface area contributed by atoms with Crippen LogP contribution < -0.4 is 9.47 Å². The normalized spacial score (nSPS) is 10.8. The first-order valence-electron chi connectivity index (χ1n) is 10.3. The van der Waals surface area contributed by atoms with Gasteiger partial charge in [0, 0.05) is 36.7 Å². The third-order valence-electron chi connectivity index (χ3n) is 5.15. The summed E-state index contributed by atoms with van der Waals surface area (Å²) in [5, 5.41) is 0.800. The van der Waals surface area contributed by atoms with E-state index < -0.39 is 11.7 Å². The zero-order valence-electron chi connectivity index (χ0n) is 17.8. The van der Waals surface area contributed by atoms with Gasteiger partial charge in [-0.2, -0.15) is 0 Å². The van der Waals surface area contributed by atoms with Gasteiger partial charge in [0.25, 0.3) is 11.7 Å². The Morgan fingerprint density at radius 1 is 0.967 bits per heavy atom. The Morgan fingerprint density at radius 3 is 2.33 bits per heavy atom. The number of carbonyl (C=O) groups is 2. The van der Waals surface area contributed by atoms with Crippen LogP contribution in [0.25, 0.3) is 10.9 Å². The van der Waals surface area contributed by atoms with Gasteiger partial charge < -0.3 is 18.9 Å². The molecule has 30 heavy (non-hydrogen) atoms. The van der Waals surface area contributed by atoms with E-state index in [1.54, 1.807) is 18.2 Å². The molecule has 0 saturated carbocycles. The summed E-state index contributed by atoms with van der Waals surface area (Å²) in [4.78, 5) is 27.0. The SMILES string of the molecule is CCN(CC)C(=O)C(=O)c1cn(CCCOc2ccccc2OC)c2ccccc12. The number of aryl methyl sites for hydroxylation is 1. The number of amides is 1. The standard InChI is InChI=1S/C24H28N2O4/c1-4-25(5-2)24(28)23(27)19-17-26(20-12-7-6-11-18(19)20)15-10-16-30-22-14-9-8-13-21(22)29-3/h6-9,11-14,17H,4-5,10,15-16H2,1-3H3. The molecule has 0 aliphatic carbocycles. The first kappa shape index (κ1) is 21.4. The minimum Gasteiger partial charge on any atom is -0.493 e. The molecule has 0 unspecified atom stereocenters. The van der Waals surface area contributed by atoms with Gasteiger partial charge in [0.05, 0.1) is 19.3 Å².